The van der Waals surface area contributed by atoms with Crippen LogP contribution in [0.1, 0.15) is 70.6 Å². The van der Waals surface area contributed by atoms with E-state index in [1.165, 1.54) is 23.9 Å². The number of rotatable bonds is 5. The van der Waals surface area contributed by atoms with Crippen LogP contribution in [-0.4, -0.2) is 39.2 Å². The summed E-state index contributed by atoms with van der Waals surface area (Å²) in [6, 6.07) is 8.43. The molecule has 1 amide bonds. The molecule has 1 saturated carbocycles. The first-order valence-electron chi connectivity index (χ1n) is 11.5. The molecular formula is C25H33N3O4. The number of fused-ring (bicyclic) bond motifs is 1. The number of piperidine rings is 1. The number of aromatic nitrogens is 1. The van der Waals surface area contributed by atoms with Gasteiger partial charge >= 0.3 is 6.09 Å². The number of para-hydroxylation sites is 1. The molecule has 0 radical (unpaired) electrons. The topological polar surface area (TPSA) is 77.6 Å². The summed E-state index contributed by atoms with van der Waals surface area (Å²) >= 11 is 0. The van der Waals surface area contributed by atoms with Crippen LogP contribution in [0.5, 0.6) is 0 Å². The van der Waals surface area contributed by atoms with E-state index in [4.69, 9.17) is 4.74 Å². The van der Waals surface area contributed by atoms with Gasteiger partial charge in [-0.25, -0.2) is 4.79 Å². The Morgan fingerprint density at radius 1 is 1.22 bits per heavy atom. The Labute approximate surface area is 189 Å². The number of hydrogen-bond acceptors (Lipinski definition) is 4. The lowest BCUT2D eigenvalue weighted by molar-refractivity contribution is -0.422. The number of hydrogen-bond donors (Lipinski definition) is 0. The van der Waals surface area contributed by atoms with Crippen molar-refractivity contribution in [3.63, 3.8) is 0 Å². The number of benzene rings is 1. The van der Waals surface area contributed by atoms with Gasteiger partial charge in [-0.15, -0.1) is 0 Å². The average molecular weight is 440 g/mol. The van der Waals surface area contributed by atoms with E-state index in [0.29, 0.717) is 24.9 Å². The second kappa shape index (κ2) is 8.60. The van der Waals surface area contributed by atoms with Gasteiger partial charge in [0, 0.05) is 43.7 Å². The van der Waals surface area contributed by atoms with Gasteiger partial charge in [-0.2, -0.15) is 0 Å². The van der Waals surface area contributed by atoms with Crippen LogP contribution in [0, 0.1) is 16.0 Å². The van der Waals surface area contributed by atoms with Crippen LogP contribution in [0.4, 0.5) is 4.79 Å². The van der Waals surface area contributed by atoms with Gasteiger partial charge in [0.1, 0.15) is 5.60 Å². The standard InChI is InChI=1S/C25H33N3O4/c1-17(28(30)31)14-21-15-20-6-5-7-22(23(20)27(21)16-18-8-9-18)19-10-12-26(13-11-19)24(29)32-25(2,3)4/h5-7,14-15,18-19H,8-13,16H2,1-4H3. The molecule has 0 spiro atoms. The molecule has 2 fully saturated rings. The van der Waals surface area contributed by atoms with Crippen molar-refractivity contribution < 1.29 is 14.5 Å². The molecular weight excluding hydrogens is 406 g/mol. The molecule has 1 aliphatic heterocycles. The van der Waals surface area contributed by atoms with Gasteiger partial charge in [0.15, 0.2) is 0 Å². The fourth-order valence-electron chi connectivity index (χ4n) is 4.55. The number of nitrogens with zero attached hydrogens (tertiary/aromatic N) is 3. The third-order valence-corrected chi connectivity index (χ3v) is 6.35. The van der Waals surface area contributed by atoms with E-state index in [2.05, 4.69) is 28.8 Å². The average Bonchev–Trinajstić information content (AvgIpc) is 3.48. The number of amides is 1. The minimum Gasteiger partial charge on any atom is -0.444 e. The Morgan fingerprint density at radius 2 is 1.91 bits per heavy atom. The Bertz CT molecular complexity index is 1050. The highest BCUT2D eigenvalue weighted by molar-refractivity contribution is 5.87. The minimum atomic E-state index is -0.491. The number of carbonyl (C=O) groups excluding carboxylic acids is 1. The SMILES string of the molecule is CC(=Cc1cc2cccc(C3CCN(C(=O)OC(C)(C)C)CC3)c2n1CC1CC1)[N+](=O)[O-]. The van der Waals surface area contributed by atoms with Crippen molar-refractivity contribution in [3.8, 4) is 0 Å². The van der Waals surface area contributed by atoms with Crippen molar-refractivity contribution in [2.24, 2.45) is 5.92 Å². The summed E-state index contributed by atoms with van der Waals surface area (Å²) in [5.41, 5.74) is 3.04. The lowest BCUT2D eigenvalue weighted by Gasteiger charge is -2.34. The second-order valence-corrected chi connectivity index (χ2v) is 10.2. The zero-order valence-electron chi connectivity index (χ0n) is 19.5. The third-order valence-electron chi connectivity index (χ3n) is 6.35. The van der Waals surface area contributed by atoms with Gasteiger partial charge in [-0.3, -0.25) is 10.1 Å². The number of allylic oxidation sites excluding steroid dienone is 1. The number of nitro groups is 1. The van der Waals surface area contributed by atoms with Gasteiger partial charge in [0.05, 0.1) is 10.4 Å². The molecule has 0 bridgehead atoms. The fourth-order valence-corrected chi connectivity index (χ4v) is 4.55. The second-order valence-electron chi connectivity index (χ2n) is 10.2. The van der Waals surface area contributed by atoms with Crippen molar-refractivity contribution >= 4 is 23.1 Å². The van der Waals surface area contributed by atoms with Crippen LogP contribution in [0.15, 0.2) is 30.0 Å². The Balaban J connectivity index is 1.62. The monoisotopic (exact) mass is 439 g/mol. The first kappa shape index (κ1) is 22.4. The summed E-state index contributed by atoms with van der Waals surface area (Å²) in [6.07, 6.45) is 5.64. The molecule has 32 heavy (non-hydrogen) atoms. The van der Waals surface area contributed by atoms with Crippen molar-refractivity contribution in [3.05, 3.63) is 51.3 Å². The smallest absolute Gasteiger partial charge is 0.410 e. The maximum absolute atomic E-state index is 12.5. The highest BCUT2D eigenvalue weighted by atomic mass is 16.6. The molecule has 4 rings (SSSR count). The summed E-state index contributed by atoms with van der Waals surface area (Å²) in [7, 11) is 0. The molecule has 0 N–H and O–H groups in total. The highest BCUT2D eigenvalue weighted by Gasteiger charge is 2.30. The van der Waals surface area contributed by atoms with Gasteiger partial charge in [0.25, 0.3) is 0 Å². The molecule has 1 aromatic carbocycles. The zero-order valence-corrected chi connectivity index (χ0v) is 19.5. The number of likely N-dealkylation sites (tertiary alicyclic amines) is 1. The number of ether oxygens (including phenoxy) is 1. The molecule has 2 aliphatic rings. The van der Waals surface area contributed by atoms with Crippen molar-refractivity contribution in [1.82, 2.24) is 9.47 Å². The van der Waals surface area contributed by atoms with E-state index >= 15 is 0 Å². The van der Waals surface area contributed by atoms with Crippen molar-refractivity contribution in [1.29, 1.82) is 0 Å². The van der Waals surface area contributed by atoms with E-state index < -0.39 is 5.60 Å². The summed E-state index contributed by atoms with van der Waals surface area (Å²) in [4.78, 5) is 25.2. The third kappa shape index (κ3) is 4.97. The largest absolute Gasteiger partial charge is 0.444 e. The van der Waals surface area contributed by atoms with Gasteiger partial charge in [-0.05, 0) is 69.9 Å². The molecule has 2 aromatic rings. The summed E-state index contributed by atoms with van der Waals surface area (Å²) in [5.74, 6) is 0.995. The maximum Gasteiger partial charge on any atom is 0.410 e. The van der Waals surface area contributed by atoms with Crippen LogP contribution >= 0.6 is 0 Å². The molecule has 0 unspecified atom stereocenters. The van der Waals surface area contributed by atoms with Crippen LogP contribution < -0.4 is 0 Å². The fraction of sp³-hybridized carbons (Fsp3) is 0.560. The summed E-state index contributed by atoms with van der Waals surface area (Å²) in [5, 5.41) is 12.4. The van der Waals surface area contributed by atoms with Crippen LogP contribution in [-0.2, 0) is 11.3 Å². The molecule has 0 atom stereocenters. The maximum atomic E-state index is 12.5. The van der Waals surface area contributed by atoms with Crippen LogP contribution in [0.25, 0.3) is 17.0 Å². The molecule has 7 heteroatoms. The summed E-state index contributed by atoms with van der Waals surface area (Å²) < 4.78 is 7.83. The van der Waals surface area contributed by atoms with E-state index in [9.17, 15) is 14.9 Å². The quantitative estimate of drug-likeness (QED) is 0.435. The molecule has 1 aromatic heterocycles. The predicted octanol–water partition coefficient (Wildman–Crippen LogP) is 5.80. The van der Waals surface area contributed by atoms with Crippen molar-refractivity contribution in [2.75, 3.05) is 13.1 Å². The van der Waals surface area contributed by atoms with Crippen molar-refractivity contribution in [2.45, 2.75) is 71.4 Å². The van der Waals surface area contributed by atoms with Crippen LogP contribution in [0.2, 0.25) is 0 Å². The minimum absolute atomic E-state index is 0.150. The molecule has 1 aliphatic carbocycles. The molecule has 2 heterocycles. The first-order chi connectivity index (χ1) is 15.1. The highest BCUT2D eigenvalue weighted by Crippen LogP contribution is 2.38. The summed E-state index contributed by atoms with van der Waals surface area (Å²) in [6.45, 7) is 9.46. The normalized spacial score (nSPS) is 18.2. The van der Waals surface area contributed by atoms with E-state index in [1.54, 1.807) is 17.9 Å². The zero-order chi connectivity index (χ0) is 23.0. The van der Waals surface area contributed by atoms with E-state index in [1.807, 2.05) is 20.8 Å². The number of carbonyl (C=O) groups is 1. The molecule has 1 saturated heterocycles. The lowest BCUT2D eigenvalue weighted by atomic mass is 9.88. The first-order valence-corrected chi connectivity index (χ1v) is 11.5. The van der Waals surface area contributed by atoms with Gasteiger partial charge < -0.3 is 14.2 Å². The Kier molecular flexibility index (Phi) is 6.01. The molecule has 172 valence electrons. The van der Waals surface area contributed by atoms with E-state index in [-0.39, 0.29) is 16.7 Å². The lowest BCUT2D eigenvalue weighted by Crippen LogP contribution is -2.41. The molecule has 7 nitrogen and oxygen atoms in total. The van der Waals surface area contributed by atoms with E-state index in [0.717, 1.165) is 30.5 Å². The van der Waals surface area contributed by atoms with Crippen LogP contribution in [0.3, 0.4) is 0 Å². The Hall–Kier alpha value is -2.83. The van der Waals surface area contributed by atoms with Gasteiger partial charge in [0.2, 0.25) is 5.70 Å². The Morgan fingerprint density at radius 3 is 2.50 bits per heavy atom. The predicted molar refractivity (Wildman–Crippen MR) is 125 cm³/mol. The van der Waals surface area contributed by atoms with Gasteiger partial charge in [-0.1, -0.05) is 18.2 Å².